The van der Waals surface area contributed by atoms with Gasteiger partial charge in [0.25, 0.3) is 0 Å². The largest absolute Gasteiger partial charge is 0.353 e. The molecular weight excluding hydrogens is 346 g/mol. The maximum atomic E-state index is 4.57. The van der Waals surface area contributed by atoms with E-state index < -0.39 is 0 Å². The van der Waals surface area contributed by atoms with Gasteiger partial charge in [0.1, 0.15) is 5.69 Å². The van der Waals surface area contributed by atoms with Crippen molar-refractivity contribution < 1.29 is 0 Å². The van der Waals surface area contributed by atoms with Gasteiger partial charge in [0.15, 0.2) is 0 Å². The van der Waals surface area contributed by atoms with Gasteiger partial charge in [-0.1, -0.05) is 24.3 Å². The molecule has 2 N–H and O–H groups in total. The molecule has 0 aliphatic rings. The van der Waals surface area contributed by atoms with Crippen LogP contribution in [0.5, 0.6) is 0 Å². The second kappa shape index (κ2) is 6.62. The number of aromatic nitrogens is 4. The minimum Gasteiger partial charge on any atom is -0.353 e. The monoisotopic (exact) mass is 367 g/mol. The summed E-state index contributed by atoms with van der Waals surface area (Å²) >= 11 is 0. The number of aromatic amines is 2. The number of fused-ring (bicyclic) bond motifs is 2. The number of pyridine rings is 1. The van der Waals surface area contributed by atoms with E-state index in [0.717, 1.165) is 45.5 Å². The Hall–Kier alpha value is -3.44. The first-order valence-corrected chi connectivity index (χ1v) is 9.33. The number of nitrogens with one attached hydrogen (secondary N) is 2. The molecule has 0 fully saturated rings. The van der Waals surface area contributed by atoms with Gasteiger partial charge in [-0.05, 0) is 55.6 Å². The molecule has 0 spiro atoms. The Morgan fingerprint density at radius 3 is 2.64 bits per heavy atom. The van der Waals surface area contributed by atoms with Crippen molar-refractivity contribution in [2.24, 2.45) is 0 Å². The SMILES string of the molecule is CN(C)Cc1cncc(-c2ccc3[nH]nc(-c4cc5ccccc5[nH]4)c3c2)c1. The van der Waals surface area contributed by atoms with Crippen LogP contribution in [0.15, 0.2) is 67.0 Å². The first kappa shape index (κ1) is 16.7. The Kier molecular flexibility index (Phi) is 3.95. The predicted octanol–water partition coefficient (Wildman–Crippen LogP) is 4.83. The summed E-state index contributed by atoms with van der Waals surface area (Å²) in [5, 5.41) is 10.0. The molecule has 3 aromatic heterocycles. The van der Waals surface area contributed by atoms with E-state index in [9.17, 15) is 0 Å². The lowest BCUT2D eigenvalue weighted by atomic mass is 10.0. The zero-order chi connectivity index (χ0) is 19.1. The van der Waals surface area contributed by atoms with Crippen LogP contribution >= 0.6 is 0 Å². The molecule has 5 nitrogen and oxygen atoms in total. The smallest absolute Gasteiger partial charge is 0.116 e. The van der Waals surface area contributed by atoms with E-state index in [1.54, 1.807) is 0 Å². The first-order chi connectivity index (χ1) is 13.7. The molecule has 3 heterocycles. The number of nitrogens with zero attached hydrogens (tertiary/aromatic N) is 3. The van der Waals surface area contributed by atoms with Crippen LogP contribution in [0.3, 0.4) is 0 Å². The molecule has 5 rings (SSSR count). The van der Waals surface area contributed by atoms with Gasteiger partial charge in [-0.3, -0.25) is 10.1 Å². The predicted molar refractivity (Wildman–Crippen MR) is 114 cm³/mol. The number of benzene rings is 2. The molecule has 2 aromatic carbocycles. The van der Waals surface area contributed by atoms with Crippen molar-refractivity contribution in [2.45, 2.75) is 6.54 Å². The lowest BCUT2D eigenvalue weighted by molar-refractivity contribution is 0.402. The van der Waals surface area contributed by atoms with Crippen LogP contribution in [0.1, 0.15) is 5.56 Å². The highest BCUT2D eigenvalue weighted by Gasteiger charge is 2.12. The van der Waals surface area contributed by atoms with Crippen molar-refractivity contribution in [3.05, 3.63) is 72.6 Å². The molecule has 0 amide bonds. The maximum Gasteiger partial charge on any atom is 0.116 e. The molecule has 0 atom stereocenters. The zero-order valence-corrected chi connectivity index (χ0v) is 15.9. The third kappa shape index (κ3) is 2.96. The standard InChI is InChI=1S/C23H21N5/c1-28(2)14-15-9-18(13-24-12-15)16-7-8-21-19(10-16)23(27-26-21)22-11-17-5-3-4-6-20(17)25-22/h3-13,25H,14H2,1-2H3,(H,26,27). The van der Waals surface area contributed by atoms with Crippen LogP contribution in [-0.4, -0.2) is 39.2 Å². The molecule has 28 heavy (non-hydrogen) atoms. The zero-order valence-electron chi connectivity index (χ0n) is 15.9. The lowest BCUT2D eigenvalue weighted by Crippen LogP contribution is -2.10. The highest BCUT2D eigenvalue weighted by molar-refractivity contribution is 5.97. The maximum absolute atomic E-state index is 4.57. The number of para-hydroxylation sites is 1. The number of H-pyrrole nitrogens is 2. The lowest BCUT2D eigenvalue weighted by Gasteiger charge is -2.10. The van der Waals surface area contributed by atoms with Gasteiger partial charge < -0.3 is 9.88 Å². The van der Waals surface area contributed by atoms with E-state index in [2.05, 4.69) is 87.7 Å². The fourth-order valence-corrected chi connectivity index (χ4v) is 3.70. The molecule has 0 saturated carbocycles. The van der Waals surface area contributed by atoms with E-state index in [-0.39, 0.29) is 0 Å². The minimum atomic E-state index is 0.870. The van der Waals surface area contributed by atoms with Gasteiger partial charge >= 0.3 is 0 Å². The summed E-state index contributed by atoms with van der Waals surface area (Å²) < 4.78 is 0. The minimum absolute atomic E-state index is 0.870. The highest BCUT2D eigenvalue weighted by Crippen LogP contribution is 2.31. The third-order valence-corrected chi connectivity index (χ3v) is 4.97. The second-order valence-electron chi connectivity index (χ2n) is 7.42. The van der Waals surface area contributed by atoms with Crippen LogP contribution in [0.4, 0.5) is 0 Å². The van der Waals surface area contributed by atoms with Gasteiger partial charge in [-0.15, -0.1) is 0 Å². The first-order valence-electron chi connectivity index (χ1n) is 9.33. The fourth-order valence-electron chi connectivity index (χ4n) is 3.70. The van der Waals surface area contributed by atoms with Crippen molar-refractivity contribution in [2.75, 3.05) is 14.1 Å². The van der Waals surface area contributed by atoms with Crippen molar-refractivity contribution in [1.82, 2.24) is 25.1 Å². The van der Waals surface area contributed by atoms with Gasteiger partial charge in [0.2, 0.25) is 0 Å². The average Bonchev–Trinajstić information content (AvgIpc) is 3.30. The second-order valence-corrected chi connectivity index (χ2v) is 7.42. The summed E-state index contributed by atoms with van der Waals surface area (Å²) in [6.45, 7) is 0.870. The molecule has 5 heteroatoms. The summed E-state index contributed by atoms with van der Waals surface area (Å²) in [7, 11) is 4.13. The summed E-state index contributed by atoms with van der Waals surface area (Å²) in [6.07, 6.45) is 3.85. The van der Waals surface area contributed by atoms with E-state index in [0.29, 0.717) is 0 Å². The Morgan fingerprint density at radius 2 is 1.79 bits per heavy atom. The summed E-state index contributed by atoms with van der Waals surface area (Å²) in [4.78, 5) is 10.1. The van der Waals surface area contributed by atoms with Crippen LogP contribution < -0.4 is 0 Å². The topological polar surface area (TPSA) is 60.6 Å². The number of rotatable bonds is 4. The molecular formula is C23H21N5. The molecule has 0 aliphatic carbocycles. The molecule has 0 unspecified atom stereocenters. The highest BCUT2D eigenvalue weighted by atomic mass is 15.1. The molecule has 0 aliphatic heterocycles. The van der Waals surface area contributed by atoms with Crippen molar-refractivity contribution in [3.8, 4) is 22.5 Å². The molecule has 0 radical (unpaired) electrons. The Morgan fingerprint density at radius 1 is 0.893 bits per heavy atom. The van der Waals surface area contributed by atoms with Crippen molar-refractivity contribution in [1.29, 1.82) is 0 Å². The number of hydrogen-bond acceptors (Lipinski definition) is 3. The van der Waals surface area contributed by atoms with Crippen molar-refractivity contribution >= 4 is 21.8 Å². The quantitative estimate of drug-likeness (QED) is 0.478. The van der Waals surface area contributed by atoms with E-state index in [4.69, 9.17) is 0 Å². The van der Waals surface area contributed by atoms with Gasteiger partial charge in [0, 0.05) is 40.8 Å². The molecule has 0 bridgehead atoms. The van der Waals surface area contributed by atoms with Crippen molar-refractivity contribution in [3.63, 3.8) is 0 Å². The van der Waals surface area contributed by atoms with Crippen LogP contribution in [0.25, 0.3) is 44.3 Å². The van der Waals surface area contributed by atoms with Gasteiger partial charge in [-0.25, -0.2) is 0 Å². The number of hydrogen-bond donors (Lipinski definition) is 2. The third-order valence-electron chi connectivity index (χ3n) is 4.97. The molecule has 138 valence electrons. The average molecular weight is 367 g/mol. The summed E-state index contributed by atoms with van der Waals surface area (Å²) in [6, 6.07) is 19.0. The van der Waals surface area contributed by atoms with Crippen LogP contribution in [-0.2, 0) is 6.54 Å². The van der Waals surface area contributed by atoms with Gasteiger partial charge in [-0.2, -0.15) is 5.10 Å². The normalized spacial score (nSPS) is 11.7. The van der Waals surface area contributed by atoms with E-state index in [1.807, 2.05) is 18.5 Å². The Bertz CT molecular complexity index is 1250. The van der Waals surface area contributed by atoms with E-state index in [1.165, 1.54) is 10.9 Å². The van der Waals surface area contributed by atoms with Crippen LogP contribution in [0, 0.1) is 0 Å². The van der Waals surface area contributed by atoms with Gasteiger partial charge in [0.05, 0.1) is 11.2 Å². The Balaban J connectivity index is 1.60. The Labute approximate surface area is 163 Å². The summed E-state index contributed by atoms with van der Waals surface area (Å²) in [5.41, 5.74) is 7.55. The fraction of sp³-hybridized carbons (Fsp3) is 0.130. The summed E-state index contributed by atoms with van der Waals surface area (Å²) in [5.74, 6) is 0. The van der Waals surface area contributed by atoms with E-state index >= 15 is 0 Å². The van der Waals surface area contributed by atoms with Crippen LogP contribution in [0.2, 0.25) is 0 Å². The molecule has 5 aromatic rings. The molecule has 0 saturated heterocycles.